The van der Waals surface area contributed by atoms with Gasteiger partial charge in [-0.15, -0.1) is 13.2 Å². The molecule has 2 aromatic rings. The standard InChI is InChI=1S/C18H14F3NO4/c1-22-11-12(9-14(22)6-8-17(24)25)5-7-16(23)13-3-2-4-15(10-13)26-18(19,20)21/h2-11H,1H3,(H,24,25)/b7-5+,8-6+. The molecule has 0 unspecified atom stereocenters. The maximum atomic E-state index is 12.2. The number of hydrogen-bond acceptors (Lipinski definition) is 3. The Balaban J connectivity index is 2.14. The molecule has 1 heterocycles. The van der Waals surface area contributed by atoms with E-state index in [1.54, 1.807) is 23.9 Å². The fourth-order valence-electron chi connectivity index (χ4n) is 2.14. The van der Waals surface area contributed by atoms with Crippen LogP contribution >= 0.6 is 0 Å². The number of aliphatic carboxylic acids is 1. The molecule has 26 heavy (non-hydrogen) atoms. The van der Waals surface area contributed by atoms with Crippen molar-refractivity contribution in [2.24, 2.45) is 7.05 Å². The maximum Gasteiger partial charge on any atom is 0.573 e. The maximum absolute atomic E-state index is 12.2. The van der Waals surface area contributed by atoms with Gasteiger partial charge in [-0.2, -0.15) is 0 Å². The minimum absolute atomic E-state index is 0.0462. The van der Waals surface area contributed by atoms with Crippen molar-refractivity contribution in [2.75, 3.05) is 0 Å². The quantitative estimate of drug-likeness (QED) is 0.622. The van der Waals surface area contributed by atoms with E-state index in [2.05, 4.69) is 4.74 Å². The van der Waals surface area contributed by atoms with Crippen LogP contribution in [0, 0.1) is 0 Å². The number of carboxylic acid groups (broad SMARTS) is 1. The molecule has 8 heteroatoms. The van der Waals surface area contributed by atoms with E-state index in [1.165, 1.54) is 30.4 Å². The number of ketones is 1. The lowest BCUT2D eigenvalue weighted by atomic mass is 10.1. The Bertz CT molecular complexity index is 879. The van der Waals surface area contributed by atoms with Crippen LogP contribution in [0.3, 0.4) is 0 Å². The van der Waals surface area contributed by atoms with Crippen LogP contribution < -0.4 is 4.74 Å². The summed E-state index contributed by atoms with van der Waals surface area (Å²) in [6.07, 6.45) is 1.93. The molecule has 0 spiro atoms. The summed E-state index contributed by atoms with van der Waals surface area (Å²) in [5, 5.41) is 8.63. The van der Waals surface area contributed by atoms with E-state index in [9.17, 15) is 22.8 Å². The van der Waals surface area contributed by atoms with Crippen molar-refractivity contribution in [2.45, 2.75) is 6.36 Å². The van der Waals surface area contributed by atoms with Crippen molar-refractivity contribution in [3.63, 3.8) is 0 Å². The van der Waals surface area contributed by atoms with E-state index in [4.69, 9.17) is 5.11 Å². The summed E-state index contributed by atoms with van der Waals surface area (Å²) in [4.78, 5) is 22.7. The lowest BCUT2D eigenvalue weighted by Gasteiger charge is -2.09. The molecular weight excluding hydrogens is 351 g/mol. The second-order valence-corrected chi connectivity index (χ2v) is 5.25. The molecule has 0 bridgehead atoms. The lowest BCUT2D eigenvalue weighted by Crippen LogP contribution is -2.17. The first-order chi connectivity index (χ1) is 12.1. The molecule has 0 aliphatic heterocycles. The molecule has 0 atom stereocenters. The van der Waals surface area contributed by atoms with E-state index in [0.717, 1.165) is 18.2 Å². The third-order valence-electron chi connectivity index (χ3n) is 3.24. The summed E-state index contributed by atoms with van der Waals surface area (Å²) in [5.41, 5.74) is 1.29. The molecule has 0 aliphatic carbocycles. The third-order valence-corrected chi connectivity index (χ3v) is 3.24. The van der Waals surface area contributed by atoms with Gasteiger partial charge in [0.1, 0.15) is 5.75 Å². The SMILES string of the molecule is Cn1cc(/C=C/C(=O)c2cccc(OC(F)(F)F)c2)cc1/C=C/C(=O)O. The number of rotatable bonds is 6. The Hall–Kier alpha value is -3.29. The van der Waals surface area contributed by atoms with Crippen molar-refractivity contribution in [3.8, 4) is 5.75 Å². The van der Waals surface area contributed by atoms with Gasteiger partial charge in [0.15, 0.2) is 5.78 Å². The predicted molar refractivity (Wildman–Crippen MR) is 88.6 cm³/mol. The Kier molecular flexibility index (Phi) is 5.66. The number of halogens is 3. The zero-order chi connectivity index (χ0) is 19.3. The Labute approximate surface area is 146 Å². The van der Waals surface area contributed by atoms with Crippen molar-refractivity contribution in [1.29, 1.82) is 0 Å². The molecular formula is C18H14F3NO4. The molecule has 1 aromatic heterocycles. The third kappa shape index (κ3) is 5.66. The van der Waals surface area contributed by atoms with E-state index < -0.39 is 23.9 Å². The number of hydrogen-bond donors (Lipinski definition) is 1. The summed E-state index contributed by atoms with van der Waals surface area (Å²) >= 11 is 0. The number of allylic oxidation sites excluding steroid dienone is 1. The van der Waals surface area contributed by atoms with E-state index in [0.29, 0.717) is 11.3 Å². The molecule has 5 nitrogen and oxygen atoms in total. The van der Waals surface area contributed by atoms with Gasteiger partial charge in [-0.05, 0) is 42.0 Å². The van der Waals surface area contributed by atoms with E-state index in [-0.39, 0.29) is 5.56 Å². The Morgan fingerprint density at radius 2 is 1.88 bits per heavy atom. The van der Waals surface area contributed by atoms with Gasteiger partial charge in [0.25, 0.3) is 0 Å². The molecule has 0 radical (unpaired) electrons. The highest BCUT2D eigenvalue weighted by Crippen LogP contribution is 2.23. The van der Waals surface area contributed by atoms with Gasteiger partial charge in [-0.25, -0.2) is 4.79 Å². The molecule has 0 saturated carbocycles. The summed E-state index contributed by atoms with van der Waals surface area (Å²) < 4.78 is 42.1. The van der Waals surface area contributed by atoms with Crippen LogP contribution in [0.5, 0.6) is 5.75 Å². The normalized spacial score (nSPS) is 12.0. The van der Waals surface area contributed by atoms with Gasteiger partial charge < -0.3 is 14.4 Å². The first-order valence-electron chi connectivity index (χ1n) is 7.29. The summed E-state index contributed by atoms with van der Waals surface area (Å²) in [7, 11) is 1.71. The monoisotopic (exact) mass is 365 g/mol. The van der Waals surface area contributed by atoms with Crippen molar-refractivity contribution in [1.82, 2.24) is 4.57 Å². The van der Waals surface area contributed by atoms with E-state index >= 15 is 0 Å². The van der Waals surface area contributed by atoms with Crippen LogP contribution in [0.4, 0.5) is 13.2 Å². The number of aryl methyl sites for hydroxylation is 1. The molecule has 0 amide bonds. The van der Waals surface area contributed by atoms with Gasteiger partial charge in [-0.3, -0.25) is 4.79 Å². The van der Waals surface area contributed by atoms with Gasteiger partial charge >= 0.3 is 12.3 Å². The average molecular weight is 365 g/mol. The first kappa shape index (κ1) is 19.0. The van der Waals surface area contributed by atoms with Crippen LogP contribution in [0.25, 0.3) is 12.2 Å². The smallest absolute Gasteiger partial charge is 0.478 e. The highest BCUT2D eigenvalue weighted by molar-refractivity contribution is 6.07. The van der Waals surface area contributed by atoms with Crippen LogP contribution in [-0.4, -0.2) is 27.8 Å². The highest BCUT2D eigenvalue weighted by atomic mass is 19.4. The zero-order valence-corrected chi connectivity index (χ0v) is 13.5. The van der Waals surface area contributed by atoms with Crippen molar-refractivity contribution < 1.29 is 32.6 Å². The molecule has 2 rings (SSSR count). The van der Waals surface area contributed by atoms with Crippen LogP contribution in [0.1, 0.15) is 21.6 Å². The topological polar surface area (TPSA) is 68.5 Å². The number of carbonyl (C=O) groups is 2. The summed E-state index contributed by atoms with van der Waals surface area (Å²) in [6, 6.07) is 6.44. The Morgan fingerprint density at radius 1 is 1.15 bits per heavy atom. The molecule has 0 saturated heterocycles. The predicted octanol–water partition coefficient (Wildman–Crippen LogP) is 3.92. The fourth-order valence-corrected chi connectivity index (χ4v) is 2.14. The second-order valence-electron chi connectivity index (χ2n) is 5.25. The number of carboxylic acids is 1. The summed E-state index contributed by atoms with van der Waals surface area (Å²) in [6.45, 7) is 0. The van der Waals surface area contributed by atoms with Gasteiger partial charge in [0, 0.05) is 30.6 Å². The van der Waals surface area contributed by atoms with Gasteiger partial charge in [0.05, 0.1) is 0 Å². The van der Waals surface area contributed by atoms with Crippen LogP contribution in [-0.2, 0) is 11.8 Å². The first-order valence-corrected chi connectivity index (χ1v) is 7.29. The van der Waals surface area contributed by atoms with Crippen LogP contribution in [0.2, 0.25) is 0 Å². The minimum atomic E-state index is -4.83. The fraction of sp³-hybridized carbons (Fsp3) is 0.111. The molecule has 1 N–H and O–H groups in total. The van der Waals surface area contributed by atoms with Gasteiger partial charge in [0.2, 0.25) is 0 Å². The van der Waals surface area contributed by atoms with Crippen molar-refractivity contribution in [3.05, 3.63) is 65.5 Å². The number of benzene rings is 1. The Morgan fingerprint density at radius 3 is 2.54 bits per heavy atom. The highest BCUT2D eigenvalue weighted by Gasteiger charge is 2.31. The van der Waals surface area contributed by atoms with Crippen molar-refractivity contribution >= 4 is 23.9 Å². The minimum Gasteiger partial charge on any atom is -0.478 e. The number of alkyl halides is 3. The van der Waals surface area contributed by atoms with E-state index in [1.807, 2.05) is 0 Å². The largest absolute Gasteiger partial charge is 0.573 e. The number of nitrogens with zero attached hydrogens (tertiary/aromatic N) is 1. The number of ether oxygens (including phenoxy) is 1. The molecule has 136 valence electrons. The number of aromatic nitrogens is 1. The number of carbonyl (C=O) groups excluding carboxylic acids is 1. The lowest BCUT2D eigenvalue weighted by molar-refractivity contribution is -0.274. The summed E-state index contributed by atoms with van der Waals surface area (Å²) in [5.74, 6) is -2.05. The second kappa shape index (κ2) is 7.73. The zero-order valence-electron chi connectivity index (χ0n) is 13.5. The molecule has 0 aliphatic rings. The molecule has 1 aromatic carbocycles. The average Bonchev–Trinajstić information content (AvgIpc) is 2.89. The molecule has 0 fully saturated rings. The van der Waals surface area contributed by atoms with Gasteiger partial charge in [-0.1, -0.05) is 12.1 Å². The van der Waals surface area contributed by atoms with Crippen LogP contribution in [0.15, 0.2) is 48.7 Å².